The molecule has 3 nitrogen and oxygen atoms in total. The van der Waals surface area contributed by atoms with Crippen LogP contribution in [0, 0.1) is 0 Å². The minimum Gasteiger partial charge on any atom is -0.379 e. The molecule has 68 valence electrons. The van der Waals surface area contributed by atoms with Gasteiger partial charge in [-0.1, -0.05) is 6.92 Å². The van der Waals surface area contributed by atoms with E-state index in [1.165, 1.54) is 0 Å². The molecule has 3 heteroatoms. The van der Waals surface area contributed by atoms with Gasteiger partial charge in [-0.25, -0.2) is 0 Å². The van der Waals surface area contributed by atoms with Gasteiger partial charge in [-0.05, 0) is 20.6 Å². The van der Waals surface area contributed by atoms with Gasteiger partial charge in [-0.2, -0.15) is 0 Å². The Hall–Kier alpha value is -0.120. The van der Waals surface area contributed by atoms with Gasteiger partial charge in [0.15, 0.2) is 0 Å². The molecule has 0 aromatic rings. The van der Waals surface area contributed by atoms with E-state index in [2.05, 4.69) is 31.2 Å². The Morgan fingerprint density at radius 1 is 1.45 bits per heavy atom. The van der Waals surface area contributed by atoms with Gasteiger partial charge in [0.2, 0.25) is 0 Å². The highest BCUT2D eigenvalue weighted by atomic mass is 16.5. The quantitative estimate of drug-likeness (QED) is 0.599. The van der Waals surface area contributed by atoms with Gasteiger partial charge in [0.25, 0.3) is 0 Å². The molecule has 0 bridgehead atoms. The van der Waals surface area contributed by atoms with E-state index < -0.39 is 0 Å². The first-order chi connectivity index (χ1) is 5.20. The maximum atomic E-state index is 5.26. The van der Waals surface area contributed by atoms with Crippen LogP contribution in [0.4, 0.5) is 0 Å². The van der Waals surface area contributed by atoms with Crippen LogP contribution in [0.2, 0.25) is 0 Å². The van der Waals surface area contributed by atoms with Gasteiger partial charge >= 0.3 is 0 Å². The van der Waals surface area contributed by atoms with Crippen molar-refractivity contribution in [3.8, 4) is 0 Å². The molecule has 0 aliphatic rings. The van der Waals surface area contributed by atoms with E-state index in [0.717, 1.165) is 19.6 Å². The molecule has 1 N–H and O–H groups in total. The summed E-state index contributed by atoms with van der Waals surface area (Å²) in [5.74, 6) is 0. The van der Waals surface area contributed by atoms with Crippen molar-refractivity contribution in [1.82, 2.24) is 10.2 Å². The van der Waals surface area contributed by atoms with Crippen LogP contribution in [-0.4, -0.2) is 51.8 Å². The minimum absolute atomic E-state index is 0.310. The molecule has 0 aromatic carbocycles. The number of likely N-dealkylation sites (N-methyl/N-ethyl adjacent to an activating group) is 2. The van der Waals surface area contributed by atoms with Gasteiger partial charge in [-0.15, -0.1) is 0 Å². The van der Waals surface area contributed by atoms with Crippen LogP contribution in [0.3, 0.4) is 0 Å². The predicted octanol–water partition coefficient (Wildman–Crippen LogP) is 0.173. The fraction of sp³-hybridized carbons (Fsp3) is 1.00. The second kappa shape index (κ2) is 6.58. The molecule has 0 aliphatic heterocycles. The average molecular weight is 160 g/mol. The van der Waals surface area contributed by atoms with Crippen molar-refractivity contribution < 1.29 is 4.74 Å². The van der Waals surface area contributed by atoms with Crippen molar-refractivity contribution in [3.05, 3.63) is 0 Å². The lowest BCUT2D eigenvalue weighted by Crippen LogP contribution is -2.36. The molecule has 0 aliphatic carbocycles. The number of rotatable bonds is 6. The Morgan fingerprint density at radius 2 is 2.09 bits per heavy atom. The third kappa shape index (κ3) is 6.28. The van der Waals surface area contributed by atoms with Crippen LogP contribution in [0.15, 0.2) is 0 Å². The minimum atomic E-state index is 0.310. The number of methoxy groups -OCH3 is 1. The summed E-state index contributed by atoms with van der Waals surface area (Å²) in [4.78, 5) is 2.13. The van der Waals surface area contributed by atoms with Crippen molar-refractivity contribution in [2.75, 3.05) is 40.8 Å². The average Bonchev–Trinajstić information content (AvgIpc) is 1.97. The molecule has 0 heterocycles. The third-order valence-electron chi connectivity index (χ3n) is 1.52. The summed E-state index contributed by atoms with van der Waals surface area (Å²) in [6.07, 6.45) is 0.310. The number of hydrogen-bond donors (Lipinski definition) is 1. The molecule has 0 fully saturated rings. The molecule has 0 saturated heterocycles. The van der Waals surface area contributed by atoms with Crippen LogP contribution >= 0.6 is 0 Å². The number of ether oxygens (including phenoxy) is 1. The summed E-state index contributed by atoms with van der Waals surface area (Å²) in [5.41, 5.74) is 0. The van der Waals surface area contributed by atoms with Crippen LogP contribution in [-0.2, 0) is 4.74 Å². The molecule has 0 amide bonds. The highest BCUT2D eigenvalue weighted by Gasteiger charge is 2.06. The summed E-state index contributed by atoms with van der Waals surface area (Å²) in [7, 11) is 5.86. The molecule has 0 saturated carbocycles. The van der Waals surface area contributed by atoms with Gasteiger partial charge in [0.1, 0.15) is 0 Å². The maximum Gasteiger partial charge on any atom is 0.0822 e. The van der Waals surface area contributed by atoms with E-state index in [9.17, 15) is 0 Å². The highest BCUT2D eigenvalue weighted by Crippen LogP contribution is 1.89. The van der Waals surface area contributed by atoms with Gasteiger partial charge in [0.05, 0.1) is 6.10 Å². The largest absolute Gasteiger partial charge is 0.379 e. The van der Waals surface area contributed by atoms with Gasteiger partial charge in [0, 0.05) is 20.2 Å². The number of nitrogens with one attached hydrogen (secondary N) is 1. The van der Waals surface area contributed by atoms with Crippen LogP contribution in [0.1, 0.15) is 6.92 Å². The lowest BCUT2D eigenvalue weighted by atomic mass is 10.3. The lowest BCUT2D eigenvalue weighted by molar-refractivity contribution is 0.0785. The molecule has 1 unspecified atom stereocenters. The van der Waals surface area contributed by atoms with Crippen LogP contribution < -0.4 is 5.32 Å². The van der Waals surface area contributed by atoms with Crippen molar-refractivity contribution >= 4 is 0 Å². The van der Waals surface area contributed by atoms with E-state index in [-0.39, 0.29) is 0 Å². The Bertz CT molecular complexity index is 86.2. The molecular formula is C8H20N2O. The molecule has 11 heavy (non-hydrogen) atoms. The monoisotopic (exact) mass is 160 g/mol. The maximum absolute atomic E-state index is 5.26. The van der Waals surface area contributed by atoms with E-state index in [4.69, 9.17) is 4.74 Å². The first-order valence-electron chi connectivity index (χ1n) is 4.09. The zero-order valence-electron chi connectivity index (χ0n) is 8.05. The number of nitrogens with zero attached hydrogens (tertiary/aromatic N) is 1. The molecular weight excluding hydrogens is 140 g/mol. The first kappa shape index (κ1) is 10.9. The lowest BCUT2D eigenvalue weighted by Gasteiger charge is -2.19. The SMILES string of the molecule is CCNCC(CN(C)C)OC. The van der Waals surface area contributed by atoms with Crippen molar-refractivity contribution in [2.24, 2.45) is 0 Å². The molecule has 0 spiro atoms. The van der Waals surface area contributed by atoms with E-state index in [1.807, 2.05) is 0 Å². The normalized spacial score (nSPS) is 13.9. The Kier molecular flexibility index (Phi) is 6.51. The molecule has 0 rings (SSSR count). The fourth-order valence-electron chi connectivity index (χ4n) is 0.935. The number of hydrogen-bond acceptors (Lipinski definition) is 3. The Labute approximate surface area is 69.7 Å². The van der Waals surface area contributed by atoms with E-state index >= 15 is 0 Å². The molecule has 1 atom stereocenters. The zero-order chi connectivity index (χ0) is 8.69. The Morgan fingerprint density at radius 3 is 2.45 bits per heavy atom. The molecule has 0 aromatic heterocycles. The van der Waals surface area contributed by atoms with E-state index in [0.29, 0.717) is 6.10 Å². The topological polar surface area (TPSA) is 24.5 Å². The van der Waals surface area contributed by atoms with E-state index in [1.54, 1.807) is 7.11 Å². The van der Waals surface area contributed by atoms with Crippen LogP contribution in [0.25, 0.3) is 0 Å². The molecule has 0 radical (unpaired) electrons. The van der Waals surface area contributed by atoms with Crippen LogP contribution in [0.5, 0.6) is 0 Å². The smallest absolute Gasteiger partial charge is 0.0822 e. The van der Waals surface area contributed by atoms with Crippen molar-refractivity contribution in [3.63, 3.8) is 0 Å². The summed E-state index contributed by atoms with van der Waals surface area (Å²) in [6, 6.07) is 0. The van der Waals surface area contributed by atoms with Gasteiger partial charge in [-0.3, -0.25) is 0 Å². The Balaban J connectivity index is 3.41. The fourth-order valence-corrected chi connectivity index (χ4v) is 0.935. The third-order valence-corrected chi connectivity index (χ3v) is 1.52. The summed E-state index contributed by atoms with van der Waals surface area (Å²) in [6.45, 7) is 5.02. The summed E-state index contributed by atoms with van der Waals surface area (Å²) >= 11 is 0. The standard InChI is InChI=1S/C8H20N2O/c1-5-9-6-8(11-4)7-10(2)3/h8-9H,5-7H2,1-4H3. The second-order valence-corrected chi connectivity index (χ2v) is 2.93. The van der Waals surface area contributed by atoms with Gasteiger partial charge < -0.3 is 15.0 Å². The second-order valence-electron chi connectivity index (χ2n) is 2.93. The zero-order valence-corrected chi connectivity index (χ0v) is 8.05. The predicted molar refractivity (Wildman–Crippen MR) is 47.9 cm³/mol. The summed E-state index contributed by atoms with van der Waals surface area (Å²) in [5, 5.41) is 3.25. The van der Waals surface area contributed by atoms with Crippen molar-refractivity contribution in [1.29, 1.82) is 0 Å². The first-order valence-corrected chi connectivity index (χ1v) is 4.09. The van der Waals surface area contributed by atoms with Crippen molar-refractivity contribution in [2.45, 2.75) is 13.0 Å². The highest BCUT2D eigenvalue weighted by molar-refractivity contribution is 4.63. The summed E-state index contributed by atoms with van der Waals surface area (Å²) < 4.78 is 5.26.